The molecule has 0 amide bonds. The van der Waals surface area contributed by atoms with Crippen LogP contribution in [0.4, 0.5) is 25.8 Å². The van der Waals surface area contributed by atoms with Crippen LogP contribution in [0.15, 0.2) is 36.4 Å². The molecule has 0 radical (unpaired) electrons. The van der Waals surface area contributed by atoms with Gasteiger partial charge in [0, 0.05) is 11.8 Å². The lowest BCUT2D eigenvalue weighted by molar-refractivity contribution is 0.416. The highest BCUT2D eigenvalue weighted by molar-refractivity contribution is 5.67. The summed E-state index contributed by atoms with van der Waals surface area (Å²) in [4.78, 5) is 0. The second-order valence-corrected chi connectivity index (χ2v) is 3.71. The Labute approximate surface area is 103 Å². The van der Waals surface area contributed by atoms with E-state index in [4.69, 9.17) is 10.5 Å². The largest absolute Gasteiger partial charge is 0.495 e. The predicted octanol–water partition coefficient (Wildman–Crippen LogP) is 3.30. The lowest BCUT2D eigenvalue weighted by atomic mass is 10.2. The summed E-state index contributed by atoms with van der Waals surface area (Å²) in [6.07, 6.45) is 0. The van der Waals surface area contributed by atoms with Crippen molar-refractivity contribution >= 4 is 17.1 Å². The van der Waals surface area contributed by atoms with Gasteiger partial charge in [-0.2, -0.15) is 0 Å². The molecular weight excluding hydrogens is 238 g/mol. The second kappa shape index (κ2) is 4.91. The molecule has 3 nitrogen and oxygen atoms in total. The van der Waals surface area contributed by atoms with Crippen LogP contribution in [-0.4, -0.2) is 7.11 Å². The third kappa shape index (κ3) is 2.51. The lowest BCUT2D eigenvalue weighted by Gasteiger charge is -2.11. The first-order valence-electron chi connectivity index (χ1n) is 5.26. The van der Waals surface area contributed by atoms with Crippen molar-refractivity contribution in [1.82, 2.24) is 0 Å². The van der Waals surface area contributed by atoms with Crippen LogP contribution < -0.4 is 15.8 Å². The molecule has 2 rings (SSSR count). The fourth-order valence-electron chi connectivity index (χ4n) is 1.54. The van der Waals surface area contributed by atoms with Gasteiger partial charge in [-0.1, -0.05) is 0 Å². The molecule has 2 aromatic rings. The van der Waals surface area contributed by atoms with Crippen molar-refractivity contribution in [2.24, 2.45) is 0 Å². The van der Waals surface area contributed by atoms with Crippen LogP contribution in [0, 0.1) is 11.6 Å². The zero-order valence-electron chi connectivity index (χ0n) is 9.71. The van der Waals surface area contributed by atoms with Crippen LogP contribution in [0.25, 0.3) is 0 Å². The van der Waals surface area contributed by atoms with E-state index in [1.165, 1.54) is 37.4 Å². The van der Waals surface area contributed by atoms with Crippen LogP contribution in [0.3, 0.4) is 0 Å². The molecule has 0 bridgehead atoms. The van der Waals surface area contributed by atoms with Gasteiger partial charge >= 0.3 is 0 Å². The first kappa shape index (κ1) is 12.2. The summed E-state index contributed by atoms with van der Waals surface area (Å²) in [6.45, 7) is 0. The van der Waals surface area contributed by atoms with Gasteiger partial charge in [0.05, 0.1) is 18.5 Å². The van der Waals surface area contributed by atoms with E-state index in [0.717, 1.165) is 0 Å². The highest BCUT2D eigenvalue weighted by Gasteiger charge is 2.06. The van der Waals surface area contributed by atoms with E-state index < -0.39 is 11.6 Å². The molecule has 0 fully saturated rings. The van der Waals surface area contributed by atoms with Crippen LogP contribution in [-0.2, 0) is 0 Å². The average Bonchev–Trinajstić information content (AvgIpc) is 2.34. The van der Waals surface area contributed by atoms with Gasteiger partial charge in [-0.05, 0) is 30.3 Å². The molecule has 0 aliphatic heterocycles. The number of anilines is 3. The fraction of sp³-hybridized carbons (Fsp3) is 0.0769. The number of hydrogen-bond donors (Lipinski definition) is 2. The smallest absolute Gasteiger partial charge is 0.148 e. The molecule has 0 aliphatic carbocycles. The highest BCUT2D eigenvalue weighted by Crippen LogP contribution is 2.29. The van der Waals surface area contributed by atoms with Crippen molar-refractivity contribution in [3.8, 4) is 5.75 Å². The zero-order valence-corrected chi connectivity index (χ0v) is 9.71. The predicted molar refractivity (Wildman–Crippen MR) is 67.0 cm³/mol. The van der Waals surface area contributed by atoms with Crippen LogP contribution in [0.2, 0.25) is 0 Å². The molecule has 0 aliphatic rings. The molecule has 0 atom stereocenters. The Kier molecular flexibility index (Phi) is 3.32. The van der Waals surface area contributed by atoms with E-state index >= 15 is 0 Å². The Hall–Kier alpha value is -2.30. The molecule has 0 saturated heterocycles. The summed E-state index contributed by atoms with van der Waals surface area (Å²) < 4.78 is 31.5. The quantitative estimate of drug-likeness (QED) is 0.822. The minimum atomic E-state index is -0.532. The van der Waals surface area contributed by atoms with Gasteiger partial charge in [0.25, 0.3) is 0 Å². The van der Waals surface area contributed by atoms with E-state index in [-0.39, 0.29) is 5.69 Å². The van der Waals surface area contributed by atoms with Gasteiger partial charge in [0.15, 0.2) is 0 Å². The number of nitrogens with one attached hydrogen (secondary N) is 1. The second-order valence-electron chi connectivity index (χ2n) is 3.71. The van der Waals surface area contributed by atoms with E-state index in [1.807, 2.05) is 0 Å². The van der Waals surface area contributed by atoms with Crippen molar-refractivity contribution in [3.63, 3.8) is 0 Å². The Morgan fingerprint density at radius 1 is 1.11 bits per heavy atom. The number of hydrogen-bond acceptors (Lipinski definition) is 3. The molecule has 2 aromatic carbocycles. The van der Waals surface area contributed by atoms with Gasteiger partial charge in [0.2, 0.25) is 0 Å². The van der Waals surface area contributed by atoms with Crippen molar-refractivity contribution in [1.29, 1.82) is 0 Å². The molecule has 0 heterocycles. The van der Waals surface area contributed by atoms with Crippen LogP contribution >= 0.6 is 0 Å². The van der Waals surface area contributed by atoms with Crippen molar-refractivity contribution in [2.45, 2.75) is 0 Å². The molecular formula is C13H12F2N2O. The Morgan fingerprint density at radius 2 is 1.89 bits per heavy atom. The lowest BCUT2D eigenvalue weighted by Crippen LogP contribution is -1.97. The highest BCUT2D eigenvalue weighted by atomic mass is 19.1. The number of nitrogens with two attached hydrogens (primary N) is 1. The maximum atomic E-state index is 13.3. The normalized spacial score (nSPS) is 10.2. The van der Waals surface area contributed by atoms with Gasteiger partial charge in [-0.25, -0.2) is 8.78 Å². The zero-order chi connectivity index (χ0) is 13.1. The summed E-state index contributed by atoms with van der Waals surface area (Å²) in [6, 6.07) is 8.32. The molecule has 0 saturated carbocycles. The third-order valence-corrected chi connectivity index (χ3v) is 2.44. The molecule has 0 aromatic heterocycles. The van der Waals surface area contributed by atoms with Gasteiger partial charge in [0.1, 0.15) is 17.4 Å². The van der Waals surface area contributed by atoms with Crippen LogP contribution in [0.5, 0.6) is 5.75 Å². The molecule has 0 unspecified atom stereocenters. The fourth-order valence-corrected chi connectivity index (χ4v) is 1.54. The molecule has 0 spiro atoms. The molecule has 3 N–H and O–H groups in total. The molecule has 5 heteroatoms. The van der Waals surface area contributed by atoms with Crippen molar-refractivity contribution < 1.29 is 13.5 Å². The van der Waals surface area contributed by atoms with Crippen LogP contribution in [0.1, 0.15) is 0 Å². The minimum Gasteiger partial charge on any atom is -0.495 e. The summed E-state index contributed by atoms with van der Waals surface area (Å²) in [5, 5.41) is 2.87. The number of nitrogen functional groups attached to an aromatic ring is 1. The summed E-state index contributed by atoms with van der Waals surface area (Å²) in [7, 11) is 1.47. The Balaban J connectivity index is 2.33. The van der Waals surface area contributed by atoms with Crippen molar-refractivity contribution in [2.75, 3.05) is 18.2 Å². The van der Waals surface area contributed by atoms with Gasteiger partial charge in [-0.3, -0.25) is 0 Å². The topological polar surface area (TPSA) is 47.3 Å². The molecule has 18 heavy (non-hydrogen) atoms. The van der Waals surface area contributed by atoms with Gasteiger partial charge < -0.3 is 15.8 Å². The average molecular weight is 250 g/mol. The monoisotopic (exact) mass is 250 g/mol. The first-order valence-corrected chi connectivity index (χ1v) is 5.26. The van der Waals surface area contributed by atoms with Gasteiger partial charge in [-0.15, -0.1) is 0 Å². The maximum Gasteiger partial charge on any atom is 0.148 e. The number of rotatable bonds is 3. The standard InChI is InChI=1S/C13H12F2N2O/c1-18-13-5-2-8(14)6-12(13)17-9-3-4-11(16)10(15)7-9/h2-7,17H,16H2,1H3. The Bertz CT molecular complexity index is 573. The van der Waals surface area contributed by atoms with E-state index in [9.17, 15) is 8.78 Å². The number of methoxy groups -OCH3 is 1. The number of benzene rings is 2. The summed E-state index contributed by atoms with van der Waals surface area (Å²) in [5.74, 6) is -0.474. The number of halogens is 2. The van der Waals surface area contributed by atoms with E-state index in [0.29, 0.717) is 17.1 Å². The minimum absolute atomic E-state index is 0.0618. The third-order valence-electron chi connectivity index (χ3n) is 2.44. The van der Waals surface area contributed by atoms with E-state index in [2.05, 4.69) is 5.32 Å². The maximum absolute atomic E-state index is 13.3. The first-order chi connectivity index (χ1) is 8.60. The Morgan fingerprint density at radius 3 is 2.56 bits per heavy atom. The SMILES string of the molecule is COc1ccc(F)cc1Nc1ccc(N)c(F)c1. The number of ether oxygens (including phenoxy) is 1. The van der Waals surface area contributed by atoms with Crippen molar-refractivity contribution in [3.05, 3.63) is 48.0 Å². The van der Waals surface area contributed by atoms with E-state index in [1.54, 1.807) is 6.07 Å². The molecule has 94 valence electrons. The summed E-state index contributed by atoms with van der Waals surface area (Å²) in [5.41, 5.74) is 6.32. The summed E-state index contributed by atoms with van der Waals surface area (Å²) >= 11 is 0.